The summed E-state index contributed by atoms with van der Waals surface area (Å²) in [5.41, 5.74) is 5.67. The molecule has 0 fully saturated rings. The Bertz CT molecular complexity index is 790. The molecule has 0 aliphatic carbocycles. The molecule has 0 unspecified atom stereocenters. The minimum absolute atomic E-state index is 0.0120. The quantitative estimate of drug-likeness (QED) is 0.490. The summed E-state index contributed by atoms with van der Waals surface area (Å²) in [6.45, 7) is -0.276. The monoisotopic (exact) mass is 348 g/mol. The normalized spacial score (nSPS) is 10.2. The predicted molar refractivity (Wildman–Crippen MR) is 86.6 cm³/mol. The Kier molecular flexibility index (Phi) is 5.49. The molecule has 0 radical (unpaired) electrons. The maximum atomic E-state index is 11.8. The molecule has 0 spiro atoms. The summed E-state index contributed by atoms with van der Waals surface area (Å²) in [4.78, 5) is 33.3. The number of hydrogen-bond acceptors (Lipinski definition) is 5. The smallest absolute Gasteiger partial charge is 0.310 e. The fourth-order valence-corrected chi connectivity index (χ4v) is 2.11. The fraction of sp³-hybridized carbons (Fsp3) is 0.125. The Morgan fingerprint density at radius 3 is 2.42 bits per heavy atom. The molecule has 0 saturated carbocycles. The van der Waals surface area contributed by atoms with Gasteiger partial charge in [0.05, 0.1) is 16.9 Å². The molecule has 2 rings (SSSR count). The number of rotatable bonds is 6. The van der Waals surface area contributed by atoms with Crippen molar-refractivity contribution in [1.29, 1.82) is 0 Å². The lowest BCUT2D eigenvalue weighted by atomic mass is 10.1. The van der Waals surface area contributed by atoms with Gasteiger partial charge in [0, 0.05) is 16.7 Å². The van der Waals surface area contributed by atoms with Crippen molar-refractivity contribution in [3.63, 3.8) is 0 Å². The molecule has 0 bridgehead atoms. The highest BCUT2D eigenvalue weighted by Gasteiger charge is 2.18. The minimum Gasteiger partial charge on any atom is -0.460 e. The van der Waals surface area contributed by atoms with Gasteiger partial charge in [-0.1, -0.05) is 23.7 Å². The zero-order valence-corrected chi connectivity index (χ0v) is 13.2. The number of carbonyl (C=O) groups is 2. The Morgan fingerprint density at radius 1 is 1.17 bits per heavy atom. The van der Waals surface area contributed by atoms with Crippen LogP contribution in [0.4, 0.5) is 5.69 Å². The van der Waals surface area contributed by atoms with Gasteiger partial charge in [0.2, 0.25) is 5.91 Å². The molecule has 24 heavy (non-hydrogen) atoms. The second-order valence-corrected chi connectivity index (χ2v) is 5.37. The van der Waals surface area contributed by atoms with Gasteiger partial charge in [-0.3, -0.25) is 19.7 Å². The van der Waals surface area contributed by atoms with Crippen LogP contribution in [-0.4, -0.2) is 16.8 Å². The van der Waals surface area contributed by atoms with E-state index in [9.17, 15) is 19.7 Å². The topological polar surface area (TPSA) is 113 Å². The molecule has 0 aliphatic rings. The number of amides is 1. The van der Waals surface area contributed by atoms with Gasteiger partial charge in [-0.25, -0.2) is 0 Å². The third kappa shape index (κ3) is 4.53. The number of nitrogens with zero attached hydrogens (tertiary/aromatic N) is 1. The lowest BCUT2D eigenvalue weighted by molar-refractivity contribution is -0.385. The van der Waals surface area contributed by atoms with Crippen molar-refractivity contribution in [3.8, 4) is 0 Å². The molecule has 2 N–H and O–H groups in total. The summed E-state index contributed by atoms with van der Waals surface area (Å²) >= 11 is 5.76. The van der Waals surface area contributed by atoms with Crippen LogP contribution in [0.2, 0.25) is 5.02 Å². The molecule has 1 amide bonds. The second kappa shape index (κ2) is 7.56. The number of nitro benzene ring substituents is 1. The third-order valence-corrected chi connectivity index (χ3v) is 3.47. The van der Waals surface area contributed by atoms with Crippen LogP contribution in [0.1, 0.15) is 21.5 Å². The van der Waals surface area contributed by atoms with Crippen molar-refractivity contribution in [2.24, 2.45) is 5.73 Å². The standard InChI is InChI=1S/C16H13ClN2O5/c17-13-5-1-10(2-6-13)7-15(20)24-9-12-4-3-11(16(18)21)8-14(12)19(22)23/h1-6,8H,7,9H2,(H2,18,21). The molecule has 0 aromatic heterocycles. The highest BCUT2D eigenvalue weighted by atomic mass is 35.5. The van der Waals surface area contributed by atoms with Gasteiger partial charge in [-0.2, -0.15) is 0 Å². The lowest BCUT2D eigenvalue weighted by Gasteiger charge is -2.07. The predicted octanol–water partition coefficient (Wildman–Crippen LogP) is 2.63. The SMILES string of the molecule is NC(=O)c1ccc(COC(=O)Cc2ccc(Cl)cc2)c([N+](=O)[O-])c1. The number of carbonyl (C=O) groups excluding carboxylic acids is 2. The first-order valence-corrected chi connectivity index (χ1v) is 7.22. The number of primary amides is 1. The van der Waals surface area contributed by atoms with Gasteiger partial charge in [-0.15, -0.1) is 0 Å². The van der Waals surface area contributed by atoms with Crippen LogP contribution in [0.15, 0.2) is 42.5 Å². The largest absolute Gasteiger partial charge is 0.460 e. The van der Waals surface area contributed by atoms with Gasteiger partial charge in [0.1, 0.15) is 6.61 Å². The van der Waals surface area contributed by atoms with E-state index >= 15 is 0 Å². The van der Waals surface area contributed by atoms with Gasteiger partial charge in [-0.05, 0) is 29.8 Å². The fourth-order valence-electron chi connectivity index (χ4n) is 1.99. The van der Waals surface area contributed by atoms with Crippen molar-refractivity contribution in [3.05, 3.63) is 74.3 Å². The number of ether oxygens (including phenoxy) is 1. The summed E-state index contributed by atoms with van der Waals surface area (Å²) in [5.74, 6) is -1.31. The van der Waals surface area contributed by atoms with Crippen molar-refractivity contribution in [2.75, 3.05) is 0 Å². The van der Waals surface area contributed by atoms with E-state index in [0.29, 0.717) is 10.6 Å². The second-order valence-electron chi connectivity index (χ2n) is 4.93. The number of halogens is 1. The summed E-state index contributed by atoms with van der Waals surface area (Å²) in [6.07, 6.45) is 0.0182. The first-order valence-electron chi connectivity index (χ1n) is 6.84. The molecule has 124 valence electrons. The number of benzene rings is 2. The van der Waals surface area contributed by atoms with E-state index < -0.39 is 16.8 Å². The average molecular weight is 349 g/mol. The summed E-state index contributed by atoms with van der Waals surface area (Å²) in [6, 6.07) is 10.4. The van der Waals surface area contributed by atoms with Crippen LogP contribution < -0.4 is 5.73 Å². The van der Waals surface area contributed by atoms with E-state index in [-0.39, 0.29) is 29.8 Å². The van der Waals surface area contributed by atoms with Crippen LogP contribution in [0.3, 0.4) is 0 Å². The Labute approximate surface area is 142 Å². The number of nitro groups is 1. The summed E-state index contributed by atoms with van der Waals surface area (Å²) in [5, 5.41) is 11.6. The van der Waals surface area contributed by atoms with Gasteiger partial charge in [0.25, 0.3) is 5.69 Å². The van der Waals surface area contributed by atoms with E-state index in [1.807, 2.05) is 0 Å². The molecule has 0 saturated heterocycles. The molecular formula is C16H13ClN2O5. The van der Waals surface area contributed by atoms with Crippen molar-refractivity contribution < 1.29 is 19.2 Å². The average Bonchev–Trinajstić information content (AvgIpc) is 2.54. The maximum Gasteiger partial charge on any atom is 0.310 e. The van der Waals surface area contributed by atoms with Crippen molar-refractivity contribution in [1.82, 2.24) is 0 Å². The number of esters is 1. The summed E-state index contributed by atoms with van der Waals surface area (Å²) < 4.78 is 5.06. The molecule has 2 aromatic rings. The Balaban J connectivity index is 2.05. The third-order valence-electron chi connectivity index (χ3n) is 3.22. The van der Waals surface area contributed by atoms with Gasteiger partial charge in [0.15, 0.2) is 0 Å². The zero-order valence-electron chi connectivity index (χ0n) is 12.4. The number of nitrogens with two attached hydrogens (primary N) is 1. The Morgan fingerprint density at radius 2 is 1.83 bits per heavy atom. The highest BCUT2D eigenvalue weighted by Crippen LogP contribution is 2.21. The highest BCUT2D eigenvalue weighted by molar-refractivity contribution is 6.30. The molecule has 0 heterocycles. The Hall–Kier alpha value is -2.93. The molecule has 0 aliphatic heterocycles. The first kappa shape index (κ1) is 17.4. The molecule has 8 heteroatoms. The lowest BCUT2D eigenvalue weighted by Crippen LogP contribution is -2.13. The molecular weight excluding hydrogens is 336 g/mol. The van der Waals surface area contributed by atoms with E-state index in [1.165, 1.54) is 12.1 Å². The molecule has 0 atom stereocenters. The van der Waals surface area contributed by atoms with Crippen LogP contribution in [0.5, 0.6) is 0 Å². The molecule has 2 aromatic carbocycles. The van der Waals surface area contributed by atoms with Crippen LogP contribution >= 0.6 is 11.6 Å². The van der Waals surface area contributed by atoms with E-state index in [4.69, 9.17) is 22.1 Å². The number of hydrogen-bond donors (Lipinski definition) is 1. The molecule has 7 nitrogen and oxygen atoms in total. The van der Waals surface area contributed by atoms with E-state index in [0.717, 1.165) is 6.07 Å². The maximum absolute atomic E-state index is 11.8. The van der Waals surface area contributed by atoms with Crippen LogP contribution in [0, 0.1) is 10.1 Å². The summed E-state index contributed by atoms with van der Waals surface area (Å²) in [7, 11) is 0. The van der Waals surface area contributed by atoms with Gasteiger partial charge < -0.3 is 10.5 Å². The van der Waals surface area contributed by atoms with E-state index in [1.54, 1.807) is 24.3 Å². The van der Waals surface area contributed by atoms with Gasteiger partial charge >= 0.3 is 5.97 Å². The zero-order chi connectivity index (χ0) is 17.7. The van der Waals surface area contributed by atoms with Crippen molar-refractivity contribution in [2.45, 2.75) is 13.0 Å². The minimum atomic E-state index is -0.774. The van der Waals surface area contributed by atoms with Crippen LogP contribution in [0.25, 0.3) is 0 Å². The van der Waals surface area contributed by atoms with Crippen LogP contribution in [-0.2, 0) is 22.6 Å². The van der Waals surface area contributed by atoms with E-state index in [2.05, 4.69) is 0 Å². The van der Waals surface area contributed by atoms with Crippen molar-refractivity contribution >= 4 is 29.2 Å². The first-order chi connectivity index (χ1) is 11.4.